The highest BCUT2D eigenvalue weighted by atomic mass is 32.2. The number of sulfone groups is 1. The Morgan fingerprint density at radius 2 is 1.52 bits per heavy atom. The highest BCUT2D eigenvalue weighted by Crippen LogP contribution is 2.34. The van der Waals surface area contributed by atoms with Crippen molar-refractivity contribution < 1.29 is 8.42 Å². The number of para-hydroxylation sites is 1. The van der Waals surface area contributed by atoms with Crippen LogP contribution in [0.25, 0.3) is 10.9 Å². The van der Waals surface area contributed by atoms with Crippen molar-refractivity contribution in [3.63, 3.8) is 0 Å². The van der Waals surface area contributed by atoms with Crippen molar-refractivity contribution in [2.24, 2.45) is 0 Å². The molecule has 1 aromatic heterocycles. The van der Waals surface area contributed by atoms with Crippen molar-refractivity contribution in [2.75, 3.05) is 19.6 Å². The third-order valence-corrected chi connectivity index (χ3v) is 8.04. The first kappa shape index (κ1) is 20.0. The summed E-state index contributed by atoms with van der Waals surface area (Å²) in [5, 5.41) is 0.800. The monoisotopic (exact) mass is 430 g/mol. The molecule has 1 aliphatic rings. The van der Waals surface area contributed by atoms with Crippen LogP contribution in [0.15, 0.2) is 101 Å². The van der Waals surface area contributed by atoms with Crippen molar-refractivity contribution in [2.45, 2.75) is 28.7 Å². The summed E-state index contributed by atoms with van der Waals surface area (Å²) in [6.07, 6.45) is 3.92. The molecule has 4 aromatic rings. The second-order valence-corrected chi connectivity index (χ2v) is 10.1. The molecule has 0 amide bonds. The van der Waals surface area contributed by atoms with Crippen LogP contribution in [-0.4, -0.2) is 37.5 Å². The van der Waals surface area contributed by atoms with Crippen LogP contribution in [0, 0.1) is 0 Å². The number of aromatic nitrogens is 1. The lowest BCUT2D eigenvalue weighted by Crippen LogP contribution is -2.24. The van der Waals surface area contributed by atoms with Gasteiger partial charge in [-0.05, 0) is 36.6 Å². The van der Waals surface area contributed by atoms with E-state index in [9.17, 15) is 8.42 Å². The number of hydrogen-bond donors (Lipinski definition) is 0. The lowest BCUT2D eigenvalue weighted by atomic mass is 10.1. The molecule has 2 heterocycles. The largest absolute Gasteiger partial charge is 0.342 e. The summed E-state index contributed by atoms with van der Waals surface area (Å²) in [6.45, 7) is 3.00. The summed E-state index contributed by atoms with van der Waals surface area (Å²) >= 11 is 0. The molecule has 1 saturated heterocycles. The molecule has 1 unspecified atom stereocenters. The van der Waals surface area contributed by atoms with E-state index in [2.05, 4.69) is 33.7 Å². The first-order chi connectivity index (χ1) is 15.1. The lowest BCUT2D eigenvalue weighted by molar-refractivity contribution is 0.329. The molecule has 3 aromatic carbocycles. The minimum atomic E-state index is -3.57. The standard InChI is InChI=1S/C26H26N2O2S/c29-31(30,23-11-5-2-6-12-23)26-20-28(25-14-8-7-13-24(25)26)22-16-18-27(19-22)17-15-21-9-3-1-4-10-21/h1-14,20,22H,15-19H2. The molecule has 5 heteroatoms. The van der Waals surface area contributed by atoms with Gasteiger partial charge in [-0.25, -0.2) is 8.42 Å². The van der Waals surface area contributed by atoms with Crippen LogP contribution in [0.3, 0.4) is 0 Å². The van der Waals surface area contributed by atoms with E-state index in [1.807, 2.05) is 42.6 Å². The predicted molar refractivity (Wildman–Crippen MR) is 124 cm³/mol. The average Bonchev–Trinajstić information content (AvgIpc) is 3.44. The molecule has 0 saturated carbocycles. The number of benzene rings is 3. The second kappa shape index (κ2) is 8.33. The van der Waals surface area contributed by atoms with E-state index in [0.29, 0.717) is 9.79 Å². The number of likely N-dealkylation sites (tertiary alicyclic amines) is 1. The van der Waals surface area contributed by atoms with Crippen molar-refractivity contribution in [3.8, 4) is 0 Å². The molecule has 5 rings (SSSR count). The van der Waals surface area contributed by atoms with Gasteiger partial charge in [-0.2, -0.15) is 0 Å². The first-order valence-corrected chi connectivity index (χ1v) is 12.3. The van der Waals surface area contributed by atoms with Gasteiger partial charge in [0.25, 0.3) is 0 Å². The highest BCUT2D eigenvalue weighted by molar-refractivity contribution is 7.91. The predicted octanol–water partition coefficient (Wildman–Crippen LogP) is 4.96. The van der Waals surface area contributed by atoms with Crippen LogP contribution >= 0.6 is 0 Å². The Hall–Kier alpha value is -2.89. The van der Waals surface area contributed by atoms with Gasteiger partial charge in [0.05, 0.1) is 9.79 Å². The van der Waals surface area contributed by atoms with Gasteiger partial charge < -0.3 is 9.47 Å². The number of hydrogen-bond acceptors (Lipinski definition) is 3. The minimum Gasteiger partial charge on any atom is -0.342 e. The lowest BCUT2D eigenvalue weighted by Gasteiger charge is -2.17. The third-order valence-electron chi connectivity index (χ3n) is 6.25. The Kier molecular flexibility index (Phi) is 5.38. The van der Waals surface area contributed by atoms with E-state index in [1.54, 1.807) is 24.3 Å². The molecule has 158 valence electrons. The Morgan fingerprint density at radius 1 is 0.839 bits per heavy atom. The van der Waals surface area contributed by atoms with Gasteiger partial charge in [0, 0.05) is 42.8 Å². The van der Waals surface area contributed by atoms with Crippen LogP contribution in [0.2, 0.25) is 0 Å². The number of nitrogens with zero attached hydrogens (tertiary/aromatic N) is 2. The van der Waals surface area contributed by atoms with Gasteiger partial charge in [-0.3, -0.25) is 0 Å². The maximum atomic E-state index is 13.4. The average molecular weight is 431 g/mol. The van der Waals surface area contributed by atoms with Crippen molar-refractivity contribution >= 4 is 20.7 Å². The summed E-state index contributed by atoms with van der Waals surface area (Å²) in [7, 11) is -3.57. The fourth-order valence-corrected chi connectivity index (χ4v) is 6.07. The van der Waals surface area contributed by atoms with E-state index in [1.165, 1.54) is 5.56 Å². The van der Waals surface area contributed by atoms with Crippen molar-refractivity contribution in [1.29, 1.82) is 0 Å². The van der Waals surface area contributed by atoms with E-state index in [4.69, 9.17) is 0 Å². The van der Waals surface area contributed by atoms with E-state index in [-0.39, 0.29) is 6.04 Å². The molecule has 0 spiro atoms. The summed E-state index contributed by atoms with van der Waals surface area (Å²) in [4.78, 5) is 3.23. The summed E-state index contributed by atoms with van der Waals surface area (Å²) in [6, 6.07) is 27.4. The fraction of sp³-hybridized carbons (Fsp3) is 0.231. The molecule has 0 bridgehead atoms. The molecular formula is C26H26N2O2S. The zero-order chi connectivity index (χ0) is 21.3. The zero-order valence-electron chi connectivity index (χ0n) is 17.4. The summed E-state index contributed by atoms with van der Waals surface area (Å²) in [5.41, 5.74) is 2.35. The normalized spacial score (nSPS) is 17.4. The summed E-state index contributed by atoms with van der Waals surface area (Å²) < 4.78 is 28.9. The van der Waals surface area contributed by atoms with E-state index < -0.39 is 9.84 Å². The smallest absolute Gasteiger partial charge is 0.208 e. The van der Waals surface area contributed by atoms with Crippen LogP contribution in [0.5, 0.6) is 0 Å². The molecule has 0 radical (unpaired) electrons. The Morgan fingerprint density at radius 3 is 2.29 bits per heavy atom. The fourth-order valence-electron chi connectivity index (χ4n) is 4.59. The minimum absolute atomic E-state index is 0.278. The molecule has 0 N–H and O–H groups in total. The van der Waals surface area contributed by atoms with Gasteiger partial charge in [0.15, 0.2) is 0 Å². The van der Waals surface area contributed by atoms with Crippen LogP contribution < -0.4 is 0 Å². The Balaban J connectivity index is 1.42. The second-order valence-electron chi connectivity index (χ2n) is 8.21. The third kappa shape index (κ3) is 3.91. The molecule has 1 atom stereocenters. The molecule has 31 heavy (non-hydrogen) atoms. The van der Waals surface area contributed by atoms with Crippen molar-refractivity contribution in [3.05, 3.63) is 96.7 Å². The molecule has 0 aliphatic carbocycles. The Bertz CT molecular complexity index is 1280. The van der Waals surface area contributed by atoms with Crippen LogP contribution in [-0.2, 0) is 16.3 Å². The van der Waals surface area contributed by atoms with Gasteiger partial charge >= 0.3 is 0 Å². The van der Waals surface area contributed by atoms with Crippen LogP contribution in [0.1, 0.15) is 18.0 Å². The molecular weight excluding hydrogens is 404 g/mol. The van der Waals surface area contributed by atoms with E-state index >= 15 is 0 Å². The zero-order valence-corrected chi connectivity index (χ0v) is 18.2. The Labute approximate surface area is 183 Å². The van der Waals surface area contributed by atoms with E-state index in [0.717, 1.165) is 43.4 Å². The number of fused-ring (bicyclic) bond motifs is 1. The van der Waals surface area contributed by atoms with Gasteiger partial charge in [-0.15, -0.1) is 0 Å². The van der Waals surface area contributed by atoms with Gasteiger partial charge in [0.2, 0.25) is 9.84 Å². The van der Waals surface area contributed by atoms with Crippen LogP contribution in [0.4, 0.5) is 0 Å². The SMILES string of the molecule is O=S(=O)(c1ccccc1)c1cn(C2CCN(CCc3ccccc3)C2)c2ccccc12. The molecule has 4 nitrogen and oxygen atoms in total. The first-order valence-electron chi connectivity index (χ1n) is 10.8. The quantitative estimate of drug-likeness (QED) is 0.434. The maximum Gasteiger partial charge on any atom is 0.208 e. The van der Waals surface area contributed by atoms with Crippen molar-refractivity contribution in [1.82, 2.24) is 9.47 Å². The van der Waals surface area contributed by atoms with Gasteiger partial charge in [-0.1, -0.05) is 66.7 Å². The highest BCUT2D eigenvalue weighted by Gasteiger charge is 2.28. The topological polar surface area (TPSA) is 42.3 Å². The molecule has 1 fully saturated rings. The summed E-state index contributed by atoms with van der Waals surface area (Å²) in [5.74, 6) is 0. The maximum absolute atomic E-state index is 13.4. The molecule has 1 aliphatic heterocycles. The number of rotatable bonds is 6. The van der Waals surface area contributed by atoms with Gasteiger partial charge in [0.1, 0.15) is 0 Å².